The van der Waals surface area contributed by atoms with Gasteiger partial charge in [0.25, 0.3) is 0 Å². The maximum Gasteiger partial charge on any atom is 0.165 e. The van der Waals surface area contributed by atoms with Gasteiger partial charge >= 0.3 is 0 Å². The summed E-state index contributed by atoms with van der Waals surface area (Å²) < 4.78 is 7.06. The fourth-order valence-corrected chi connectivity index (χ4v) is 1.93. The second-order valence-corrected chi connectivity index (χ2v) is 4.65. The standard InChI is InChI=1S/C12H17N5O/c1-18-5-4-17-8-16-10-11(13-6-9-2-3-9)14-7-15-12(10)17/h7-9H,2-6H2,1H3,(H,13,14,15). The number of hydrogen-bond donors (Lipinski definition) is 1. The minimum Gasteiger partial charge on any atom is -0.383 e. The summed E-state index contributed by atoms with van der Waals surface area (Å²) in [5.74, 6) is 1.65. The van der Waals surface area contributed by atoms with Crippen molar-refractivity contribution < 1.29 is 4.74 Å². The van der Waals surface area contributed by atoms with Crippen LogP contribution in [0, 0.1) is 5.92 Å². The molecule has 0 spiro atoms. The summed E-state index contributed by atoms with van der Waals surface area (Å²) >= 11 is 0. The monoisotopic (exact) mass is 247 g/mol. The third-order valence-electron chi connectivity index (χ3n) is 3.19. The lowest BCUT2D eigenvalue weighted by Gasteiger charge is -2.05. The molecule has 0 bridgehead atoms. The fraction of sp³-hybridized carbons (Fsp3) is 0.583. The molecule has 3 rings (SSSR count). The van der Waals surface area contributed by atoms with E-state index in [2.05, 4.69) is 20.3 Å². The van der Waals surface area contributed by atoms with E-state index in [1.54, 1.807) is 19.8 Å². The van der Waals surface area contributed by atoms with E-state index in [4.69, 9.17) is 4.74 Å². The van der Waals surface area contributed by atoms with Gasteiger partial charge < -0.3 is 14.6 Å². The van der Waals surface area contributed by atoms with Gasteiger partial charge in [0.05, 0.1) is 12.9 Å². The summed E-state index contributed by atoms with van der Waals surface area (Å²) in [6, 6.07) is 0. The number of nitrogens with one attached hydrogen (secondary N) is 1. The average Bonchev–Trinajstić information content (AvgIpc) is 3.13. The Balaban J connectivity index is 1.83. The zero-order chi connectivity index (χ0) is 12.4. The molecule has 0 radical (unpaired) electrons. The lowest BCUT2D eigenvalue weighted by Crippen LogP contribution is -2.07. The van der Waals surface area contributed by atoms with E-state index >= 15 is 0 Å². The molecule has 2 heterocycles. The van der Waals surface area contributed by atoms with Crippen molar-refractivity contribution in [1.82, 2.24) is 19.5 Å². The summed E-state index contributed by atoms with van der Waals surface area (Å²) in [7, 11) is 1.69. The number of aromatic nitrogens is 4. The first-order chi connectivity index (χ1) is 8.88. The van der Waals surface area contributed by atoms with Crippen molar-refractivity contribution in [3.63, 3.8) is 0 Å². The molecule has 2 aromatic heterocycles. The van der Waals surface area contributed by atoms with Crippen LogP contribution in [0.3, 0.4) is 0 Å². The van der Waals surface area contributed by atoms with Crippen molar-refractivity contribution >= 4 is 17.0 Å². The first kappa shape index (κ1) is 11.4. The molecular formula is C12H17N5O. The topological polar surface area (TPSA) is 64.9 Å². The van der Waals surface area contributed by atoms with Crippen molar-refractivity contribution in [2.24, 2.45) is 5.92 Å². The molecule has 1 N–H and O–H groups in total. The number of fused-ring (bicyclic) bond motifs is 1. The molecule has 2 aromatic rings. The van der Waals surface area contributed by atoms with Crippen LogP contribution in [0.15, 0.2) is 12.7 Å². The molecular weight excluding hydrogens is 230 g/mol. The molecule has 0 aromatic carbocycles. The van der Waals surface area contributed by atoms with E-state index in [9.17, 15) is 0 Å². The van der Waals surface area contributed by atoms with Gasteiger partial charge in [0.2, 0.25) is 0 Å². The summed E-state index contributed by atoms with van der Waals surface area (Å²) in [4.78, 5) is 13.0. The van der Waals surface area contributed by atoms with E-state index in [1.165, 1.54) is 12.8 Å². The Kier molecular flexibility index (Phi) is 3.10. The van der Waals surface area contributed by atoms with Crippen LogP contribution in [0.2, 0.25) is 0 Å². The second-order valence-electron chi connectivity index (χ2n) is 4.65. The molecule has 0 saturated heterocycles. The number of ether oxygens (including phenoxy) is 1. The van der Waals surface area contributed by atoms with Crippen molar-refractivity contribution in [3.05, 3.63) is 12.7 Å². The molecule has 1 saturated carbocycles. The summed E-state index contributed by atoms with van der Waals surface area (Å²) in [6.07, 6.45) is 6.02. The SMILES string of the molecule is COCCn1cnc2c(NCC3CC3)ncnc21. The Morgan fingerprint density at radius 2 is 2.28 bits per heavy atom. The minimum absolute atomic E-state index is 0.653. The molecule has 1 fully saturated rings. The Hall–Kier alpha value is -1.69. The van der Waals surface area contributed by atoms with E-state index < -0.39 is 0 Å². The van der Waals surface area contributed by atoms with Gasteiger partial charge in [-0.1, -0.05) is 0 Å². The largest absolute Gasteiger partial charge is 0.383 e. The molecule has 0 amide bonds. The lowest BCUT2D eigenvalue weighted by atomic mass is 10.4. The second kappa shape index (κ2) is 4.89. The number of imidazole rings is 1. The van der Waals surface area contributed by atoms with Crippen molar-refractivity contribution in [3.8, 4) is 0 Å². The molecule has 6 heteroatoms. The number of rotatable bonds is 6. The van der Waals surface area contributed by atoms with Gasteiger partial charge in [-0.3, -0.25) is 0 Å². The normalized spacial score (nSPS) is 15.2. The third-order valence-corrected chi connectivity index (χ3v) is 3.19. The molecule has 0 aliphatic heterocycles. The first-order valence-electron chi connectivity index (χ1n) is 6.27. The number of hydrogen-bond acceptors (Lipinski definition) is 5. The molecule has 0 unspecified atom stereocenters. The highest BCUT2D eigenvalue weighted by Gasteiger charge is 2.21. The van der Waals surface area contributed by atoms with Gasteiger partial charge in [-0.25, -0.2) is 15.0 Å². The Morgan fingerprint density at radius 1 is 1.39 bits per heavy atom. The van der Waals surface area contributed by atoms with Crippen molar-refractivity contribution in [2.75, 3.05) is 25.6 Å². The van der Waals surface area contributed by atoms with Gasteiger partial charge in [-0.05, 0) is 18.8 Å². The Bertz CT molecular complexity index is 534. The highest BCUT2D eigenvalue weighted by molar-refractivity contribution is 5.82. The summed E-state index contributed by atoms with van der Waals surface area (Å²) in [5, 5.41) is 3.36. The van der Waals surface area contributed by atoms with Gasteiger partial charge in [0.15, 0.2) is 11.5 Å². The van der Waals surface area contributed by atoms with Crippen LogP contribution in [0.5, 0.6) is 0 Å². The highest BCUT2D eigenvalue weighted by atomic mass is 16.5. The number of nitrogens with zero attached hydrogens (tertiary/aromatic N) is 4. The van der Waals surface area contributed by atoms with Gasteiger partial charge in [0.1, 0.15) is 11.8 Å². The summed E-state index contributed by atoms with van der Waals surface area (Å²) in [6.45, 7) is 2.39. The maximum atomic E-state index is 5.07. The zero-order valence-corrected chi connectivity index (χ0v) is 10.5. The summed E-state index contributed by atoms with van der Waals surface area (Å²) in [5.41, 5.74) is 1.70. The van der Waals surface area contributed by atoms with Crippen molar-refractivity contribution in [2.45, 2.75) is 19.4 Å². The van der Waals surface area contributed by atoms with Crippen LogP contribution < -0.4 is 5.32 Å². The van der Waals surface area contributed by atoms with Gasteiger partial charge in [-0.2, -0.15) is 0 Å². The van der Waals surface area contributed by atoms with Crippen LogP contribution in [0.4, 0.5) is 5.82 Å². The molecule has 1 aliphatic rings. The smallest absolute Gasteiger partial charge is 0.165 e. The molecule has 18 heavy (non-hydrogen) atoms. The van der Waals surface area contributed by atoms with E-state index in [0.717, 1.165) is 36.0 Å². The average molecular weight is 247 g/mol. The first-order valence-corrected chi connectivity index (χ1v) is 6.27. The predicted octanol–water partition coefficient (Wildman–Crippen LogP) is 1.29. The van der Waals surface area contributed by atoms with Crippen molar-refractivity contribution in [1.29, 1.82) is 0 Å². The van der Waals surface area contributed by atoms with Crippen LogP contribution in [-0.2, 0) is 11.3 Å². The third kappa shape index (κ3) is 2.28. The van der Waals surface area contributed by atoms with E-state index in [0.29, 0.717) is 6.61 Å². The molecule has 96 valence electrons. The Morgan fingerprint density at radius 3 is 3.06 bits per heavy atom. The molecule has 1 aliphatic carbocycles. The molecule has 6 nitrogen and oxygen atoms in total. The van der Waals surface area contributed by atoms with Crippen LogP contribution in [0.25, 0.3) is 11.2 Å². The van der Waals surface area contributed by atoms with Gasteiger partial charge in [0, 0.05) is 20.2 Å². The maximum absolute atomic E-state index is 5.07. The fourth-order valence-electron chi connectivity index (χ4n) is 1.93. The minimum atomic E-state index is 0.653. The van der Waals surface area contributed by atoms with Gasteiger partial charge in [-0.15, -0.1) is 0 Å². The Labute approximate surface area is 105 Å². The van der Waals surface area contributed by atoms with Crippen LogP contribution >= 0.6 is 0 Å². The van der Waals surface area contributed by atoms with E-state index in [1.807, 2.05) is 4.57 Å². The van der Waals surface area contributed by atoms with Crippen LogP contribution in [0.1, 0.15) is 12.8 Å². The zero-order valence-electron chi connectivity index (χ0n) is 10.5. The van der Waals surface area contributed by atoms with Crippen LogP contribution in [-0.4, -0.2) is 39.8 Å². The molecule has 0 atom stereocenters. The van der Waals surface area contributed by atoms with E-state index in [-0.39, 0.29) is 0 Å². The number of anilines is 1. The lowest BCUT2D eigenvalue weighted by molar-refractivity contribution is 0.188. The number of methoxy groups -OCH3 is 1. The highest BCUT2D eigenvalue weighted by Crippen LogP contribution is 2.29. The quantitative estimate of drug-likeness (QED) is 0.833. The predicted molar refractivity (Wildman–Crippen MR) is 68.4 cm³/mol.